The van der Waals surface area contributed by atoms with Gasteiger partial charge in [-0.05, 0) is 12.8 Å². The topological polar surface area (TPSA) is 3.24 Å². The summed E-state index contributed by atoms with van der Waals surface area (Å²) in [6.07, 6.45) is 3.66. The summed E-state index contributed by atoms with van der Waals surface area (Å²) < 4.78 is 11.8. The smallest absolute Gasteiger partial charge is 0.143 e. The molecule has 0 unspecified atom stereocenters. The first kappa shape index (κ1) is 6.02. The fourth-order valence-corrected chi connectivity index (χ4v) is 1.08. The summed E-state index contributed by atoms with van der Waals surface area (Å²) in [6, 6.07) is 0. The maximum atomic E-state index is 11.8. The van der Waals surface area contributed by atoms with Crippen LogP contribution in [0.15, 0.2) is 0 Å². The molecule has 0 aromatic carbocycles. The van der Waals surface area contributed by atoms with Gasteiger partial charge < -0.3 is 0 Å². The largest absolute Gasteiger partial charge is 0.277 e. The van der Waals surface area contributed by atoms with Crippen molar-refractivity contribution in [3.63, 3.8) is 0 Å². The third kappa shape index (κ3) is 1.44. The van der Waals surface area contributed by atoms with Gasteiger partial charge in [0.15, 0.2) is 0 Å². The Morgan fingerprint density at radius 3 is 2.12 bits per heavy atom. The van der Waals surface area contributed by atoms with Crippen LogP contribution >= 0.6 is 0 Å². The van der Waals surface area contributed by atoms with Crippen molar-refractivity contribution in [1.82, 2.24) is 4.90 Å². The molecule has 0 aromatic rings. The van der Waals surface area contributed by atoms with E-state index in [1.165, 1.54) is 19.3 Å². The first-order valence-corrected chi connectivity index (χ1v) is 3.22. The Balaban J connectivity index is 2.13. The molecule has 0 radical (unpaired) electrons. The fraction of sp³-hybridized carbons (Fsp3) is 1.00. The van der Waals surface area contributed by atoms with E-state index in [1.807, 2.05) is 4.90 Å². The number of piperidine rings is 1. The van der Waals surface area contributed by atoms with Crippen LogP contribution in [0.3, 0.4) is 0 Å². The highest BCUT2D eigenvalue weighted by atomic mass is 19.1. The molecular formula is C6H12FN. The van der Waals surface area contributed by atoms with E-state index in [2.05, 4.69) is 0 Å². The van der Waals surface area contributed by atoms with Gasteiger partial charge >= 0.3 is 0 Å². The summed E-state index contributed by atoms with van der Waals surface area (Å²) in [5.74, 6) is 0. The highest BCUT2D eigenvalue weighted by Gasteiger charge is 2.07. The van der Waals surface area contributed by atoms with Gasteiger partial charge in [0.05, 0.1) is 0 Å². The molecule has 0 amide bonds. The van der Waals surface area contributed by atoms with Gasteiger partial charge in [0.1, 0.15) is 6.80 Å². The Labute approximate surface area is 49.5 Å². The first-order chi connectivity index (χ1) is 3.93. The molecule has 2 heteroatoms. The standard InChI is InChI=1S/C6H12FN/c7-6-8-4-2-1-3-5-8/h1-6H2. The van der Waals surface area contributed by atoms with Crippen LogP contribution < -0.4 is 0 Å². The monoisotopic (exact) mass is 117 g/mol. The second-order valence-corrected chi connectivity index (χ2v) is 2.30. The molecule has 1 aliphatic rings. The van der Waals surface area contributed by atoms with E-state index in [9.17, 15) is 4.39 Å². The van der Waals surface area contributed by atoms with Gasteiger partial charge in [-0.15, -0.1) is 0 Å². The second kappa shape index (κ2) is 3.02. The molecule has 0 bridgehead atoms. The van der Waals surface area contributed by atoms with Crippen molar-refractivity contribution in [3.05, 3.63) is 0 Å². The summed E-state index contributed by atoms with van der Waals surface area (Å²) in [4.78, 5) is 1.85. The molecule has 0 aliphatic carbocycles. The van der Waals surface area contributed by atoms with Crippen molar-refractivity contribution in [3.8, 4) is 0 Å². The van der Waals surface area contributed by atoms with Gasteiger partial charge in [-0.2, -0.15) is 0 Å². The fourth-order valence-electron chi connectivity index (χ4n) is 1.08. The minimum atomic E-state index is -0.250. The summed E-state index contributed by atoms with van der Waals surface area (Å²) in [6.45, 7) is 1.69. The number of halogens is 1. The highest BCUT2D eigenvalue weighted by Crippen LogP contribution is 2.07. The van der Waals surface area contributed by atoms with Gasteiger partial charge in [0, 0.05) is 13.1 Å². The Kier molecular flexibility index (Phi) is 2.27. The summed E-state index contributed by atoms with van der Waals surface area (Å²) in [5, 5.41) is 0. The van der Waals surface area contributed by atoms with E-state index < -0.39 is 0 Å². The van der Waals surface area contributed by atoms with E-state index in [-0.39, 0.29) is 6.80 Å². The molecule has 1 nitrogen and oxygen atoms in total. The quantitative estimate of drug-likeness (QED) is 0.469. The molecule has 1 fully saturated rings. The molecule has 0 atom stereocenters. The van der Waals surface area contributed by atoms with E-state index in [4.69, 9.17) is 0 Å². The zero-order valence-electron chi connectivity index (χ0n) is 5.07. The number of nitrogens with zero attached hydrogens (tertiary/aromatic N) is 1. The van der Waals surface area contributed by atoms with Crippen LogP contribution in [0.25, 0.3) is 0 Å². The molecule has 0 aromatic heterocycles. The molecule has 1 rings (SSSR count). The van der Waals surface area contributed by atoms with Crippen molar-refractivity contribution in [2.24, 2.45) is 0 Å². The van der Waals surface area contributed by atoms with Crippen molar-refractivity contribution in [1.29, 1.82) is 0 Å². The van der Waals surface area contributed by atoms with Gasteiger partial charge in [-0.1, -0.05) is 6.42 Å². The second-order valence-electron chi connectivity index (χ2n) is 2.30. The average molecular weight is 117 g/mol. The average Bonchev–Trinajstić information content (AvgIpc) is 1.90. The van der Waals surface area contributed by atoms with Crippen molar-refractivity contribution in [2.75, 3.05) is 19.9 Å². The molecule has 48 valence electrons. The summed E-state index contributed by atoms with van der Waals surface area (Å²) in [5.41, 5.74) is 0. The lowest BCUT2D eigenvalue weighted by atomic mass is 10.1. The third-order valence-corrected chi connectivity index (χ3v) is 1.62. The number of alkyl halides is 1. The van der Waals surface area contributed by atoms with Crippen molar-refractivity contribution >= 4 is 0 Å². The predicted octanol–water partition coefficient (Wildman–Crippen LogP) is 1.40. The lowest BCUT2D eigenvalue weighted by molar-refractivity contribution is 0.157. The van der Waals surface area contributed by atoms with E-state index >= 15 is 0 Å². The van der Waals surface area contributed by atoms with Gasteiger partial charge in [-0.3, -0.25) is 4.90 Å². The Bertz CT molecular complexity index is 59.5. The highest BCUT2D eigenvalue weighted by molar-refractivity contribution is 4.59. The molecule has 8 heavy (non-hydrogen) atoms. The minimum Gasteiger partial charge on any atom is -0.277 e. The molecule has 0 saturated carbocycles. The van der Waals surface area contributed by atoms with E-state index in [1.54, 1.807) is 0 Å². The van der Waals surface area contributed by atoms with Gasteiger partial charge in [-0.25, -0.2) is 4.39 Å². The maximum Gasteiger partial charge on any atom is 0.143 e. The zero-order valence-corrected chi connectivity index (χ0v) is 5.07. The minimum absolute atomic E-state index is 0.250. The Hall–Kier alpha value is -0.110. The van der Waals surface area contributed by atoms with Crippen LogP contribution in [0, 0.1) is 0 Å². The zero-order chi connectivity index (χ0) is 5.82. The van der Waals surface area contributed by atoms with Crippen molar-refractivity contribution in [2.45, 2.75) is 19.3 Å². The lowest BCUT2D eigenvalue weighted by Gasteiger charge is -2.22. The first-order valence-electron chi connectivity index (χ1n) is 3.22. The molecular weight excluding hydrogens is 105 g/mol. The van der Waals surface area contributed by atoms with Gasteiger partial charge in [0.2, 0.25) is 0 Å². The van der Waals surface area contributed by atoms with Crippen LogP contribution in [-0.2, 0) is 0 Å². The SMILES string of the molecule is FCN1CCCCC1. The molecule has 1 heterocycles. The van der Waals surface area contributed by atoms with Crippen LogP contribution in [0.1, 0.15) is 19.3 Å². The summed E-state index contributed by atoms with van der Waals surface area (Å²) >= 11 is 0. The number of likely N-dealkylation sites (tertiary alicyclic amines) is 1. The van der Waals surface area contributed by atoms with Crippen molar-refractivity contribution < 1.29 is 4.39 Å². The van der Waals surface area contributed by atoms with E-state index in [0.717, 1.165) is 13.1 Å². The van der Waals surface area contributed by atoms with Crippen LogP contribution in [0.5, 0.6) is 0 Å². The van der Waals surface area contributed by atoms with Crippen LogP contribution in [0.2, 0.25) is 0 Å². The van der Waals surface area contributed by atoms with Crippen LogP contribution in [0.4, 0.5) is 4.39 Å². The molecule has 0 spiro atoms. The lowest BCUT2D eigenvalue weighted by Crippen LogP contribution is -2.28. The number of hydrogen-bond acceptors (Lipinski definition) is 1. The maximum absolute atomic E-state index is 11.8. The third-order valence-electron chi connectivity index (χ3n) is 1.62. The van der Waals surface area contributed by atoms with Gasteiger partial charge in [0.25, 0.3) is 0 Å². The Morgan fingerprint density at radius 1 is 1.12 bits per heavy atom. The molecule has 1 aliphatic heterocycles. The Morgan fingerprint density at radius 2 is 1.75 bits per heavy atom. The number of rotatable bonds is 1. The van der Waals surface area contributed by atoms with E-state index in [0.29, 0.717) is 0 Å². The number of hydrogen-bond donors (Lipinski definition) is 0. The normalized spacial score (nSPS) is 23.6. The molecule has 0 N–H and O–H groups in total. The predicted molar refractivity (Wildman–Crippen MR) is 31.4 cm³/mol. The molecule has 1 saturated heterocycles. The van der Waals surface area contributed by atoms with Crippen LogP contribution in [-0.4, -0.2) is 24.8 Å². The summed E-state index contributed by atoms with van der Waals surface area (Å²) in [7, 11) is 0.